The summed E-state index contributed by atoms with van der Waals surface area (Å²) in [6, 6.07) is 33.7. The Morgan fingerprint density at radius 3 is 2.05 bits per heavy atom. The summed E-state index contributed by atoms with van der Waals surface area (Å²) in [4.78, 5) is 18.4. The molecule has 0 spiro atoms. The van der Waals surface area contributed by atoms with Gasteiger partial charge in [0.1, 0.15) is 0 Å². The van der Waals surface area contributed by atoms with Crippen LogP contribution in [0.2, 0.25) is 0 Å². The normalized spacial score (nSPS) is 11.5. The predicted molar refractivity (Wildman–Crippen MR) is 164 cm³/mol. The van der Waals surface area contributed by atoms with Gasteiger partial charge in [0.25, 0.3) is 0 Å². The van der Waals surface area contributed by atoms with Gasteiger partial charge in [-0.1, -0.05) is 36.4 Å². The Labute approximate surface area is 234 Å². The number of nitrogens with zero attached hydrogens (tertiary/aromatic N) is 5. The molecule has 0 N–H and O–H groups in total. The van der Waals surface area contributed by atoms with E-state index in [4.69, 9.17) is 9.97 Å². The molecular formula is C34H21N5S. The number of rotatable bonds is 4. The molecule has 0 saturated carbocycles. The standard InChI is InChI=1S/C34H21N5S/c1-2-7-30-27(6-1)32-31(9-8-24-14-19-40-33(24)32)39(30)26-5-3-4-25(20-26)34-37-28(22-10-15-35-16-11-22)21-29(38-34)23-12-17-36-18-13-23/h1-21H. The van der Waals surface area contributed by atoms with Crippen LogP contribution < -0.4 is 0 Å². The number of aromatic nitrogens is 5. The van der Waals surface area contributed by atoms with E-state index in [-0.39, 0.29) is 0 Å². The second-order valence-corrected chi connectivity index (χ2v) is 10.6. The molecule has 8 rings (SSSR count). The summed E-state index contributed by atoms with van der Waals surface area (Å²) in [6.45, 7) is 0. The van der Waals surface area contributed by atoms with E-state index in [9.17, 15) is 0 Å². The molecule has 8 aromatic rings. The average Bonchev–Trinajstić information content (AvgIpc) is 3.64. The van der Waals surface area contributed by atoms with Gasteiger partial charge in [-0.3, -0.25) is 9.97 Å². The lowest BCUT2D eigenvalue weighted by atomic mass is 10.1. The lowest BCUT2D eigenvalue weighted by Crippen LogP contribution is -1.98. The van der Waals surface area contributed by atoms with E-state index >= 15 is 0 Å². The average molecular weight is 532 g/mol. The highest BCUT2D eigenvalue weighted by Crippen LogP contribution is 2.39. The molecule has 0 fully saturated rings. The summed E-state index contributed by atoms with van der Waals surface area (Å²) in [5.41, 5.74) is 8.08. The van der Waals surface area contributed by atoms with Crippen molar-refractivity contribution in [3.05, 3.63) is 127 Å². The van der Waals surface area contributed by atoms with Gasteiger partial charge < -0.3 is 4.57 Å². The van der Waals surface area contributed by atoms with Crippen LogP contribution in [0.1, 0.15) is 0 Å². The first kappa shape index (κ1) is 22.8. The smallest absolute Gasteiger partial charge is 0.160 e. The molecule has 40 heavy (non-hydrogen) atoms. The summed E-state index contributed by atoms with van der Waals surface area (Å²) in [6.07, 6.45) is 7.15. The van der Waals surface area contributed by atoms with E-state index in [1.807, 2.05) is 30.3 Å². The highest BCUT2D eigenvalue weighted by molar-refractivity contribution is 7.18. The lowest BCUT2D eigenvalue weighted by molar-refractivity contribution is 1.15. The van der Waals surface area contributed by atoms with E-state index in [1.165, 1.54) is 31.9 Å². The molecule has 0 saturated heterocycles. The number of para-hydroxylation sites is 1. The van der Waals surface area contributed by atoms with Crippen molar-refractivity contribution in [2.45, 2.75) is 0 Å². The number of pyridine rings is 2. The number of thiophene rings is 1. The monoisotopic (exact) mass is 531 g/mol. The third-order valence-corrected chi connectivity index (χ3v) is 8.24. The molecule has 0 atom stereocenters. The molecule has 0 aliphatic heterocycles. The molecule has 188 valence electrons. The molecular weight excluding hydrogens is 510 g/mol. The van der Waals surface area contributed by atoms with Crippen molar-refractivity contribution in [1.29, 1.82) is 0 Å². The molecule has 3 aromatic carbocycles. The van der Waals surface area contributed by atoms with Gasteiger partial charge in [-0.25, -0.2) is 9.97 Å². The van der Waals surface area contributed by atoms with E-state index in [0.717, 1.165) is 33.8 Å². The Balaban J connectivity index is 1.35. The van der Waals surface area contributed by atoms with Gasteiger partial charge in [0.2, 0.25) is 0 Å². The molecule has 6 heteroatoms. The van der Waals surface area contributed by atoms with E-state index < -0.39 is 0 Å². The number of fused-ring (bicyclic) bond motifs is 5. The summed E-state index contributed by atoms with van der Waals surface area (Å²) in [5, 5.41) is 6.00. The highest BCUT2D eigenvalue weighted by Gasteiger charge is 2.17. The zero-order chi connectivity index (χ0) is 26.5. The summed E-state index contributed by atoms with van der Waals surface area (Å²) in [5.74, 6) is 0.671. The Hall–Kier alpha value is -5.20. The predicted octanol–water partition coefficient (Wildman–Crippen LogP) is 8.58. The van der Waals surface area contributed by atoms with Crippen molar-refractivity contribution in [1.82, 2.24) is 24.5 Å². The molecule has 0 aliphatic carbocycles. The molecule has 0 unspecified atom stereocenters. The van der Waals surface area contributed by atoms with Crippen molar-refractivity contribution in [2.75, 3.05) is 0 Å². The molecule has 0 bridgehead atoms. The van der Waals surface area contributed by atoms with Crippen LogP contribution in [0.5, 0.6) is 0 Å². The van der Waals surface area contributed by atoms with Crippen LogP contribution in [-0.4, -0.2) is 24.5 Å². The van der Waals surface area contributed by atoms with Crippen LogP contribution in [0.3, 0.4) is 0 Å². The van der Waals surface area contributed by atoms with Gasteiger partial charge >= 0.3 is 0 Å². The largest absolute Gasteiger partial charge is 0.309 e. The molecule has 0 aliphatic rings. The van der Waals surface area contributed by atoms with Gasteiger partial charge in [0.05, 0.1) is 22.4 Å². The first-order valence-corrected chi connectivity index (χ1v) is 13.9. The Kier molecular flexibility index (Phi) is 5.24. The van der Waals surface area contributed by atoms with Crippen molar-refractivity contribution < 1.29 is 0 Å². The Morgan fingerprint density at radius 2 is 1.30 bits per heavy atom. The van der Waals surface area contributed by atoms with Crippen molar-refractivity contribution >= 4 is 43.2 Å². The number of hydrogen-bond donors (Lipinski definition) is 0. The van der Waals surface area contributed by atoms with Crippen LogP contribution in [0.15, 0.2) is 127 Å². The maximum absolute atomic E-state index is 5.02. The summed E-state index contributed by atoms with van der Waals surface area (Å²) >= 11 is 1.80. The fraction of sp³-hybridized carbons (Fsp3) is 0. The molecule has 5 aromatic heterocycles. The molecule has 0 amide bonds. The van der Waals surface area contributed by atoms with E-state index in [0.29, 0.717) is 5.82 Å². The Bertz CT molecular complexity index is 2110. The first-order chi connectivity index (χ1) is 19.8. The minimum absolute atomic E-state index is 0.671. The van der Waals surface area contributed by atoms with Crippen LogP contribution >= 0.6 is 11.3 Å². The van der Waals surface area contributed by atoms with Crippen LogP contribution in [0.25, 0.3) is 71.5 Å². The maximum atomic E-state index is 5.02. The van der Waals surface area contributed by atoms with Crippen molar-refractivity contribution in [2.24, 2.45) is 0 Å². The maximum Gasteiger partial charge on any atom is 0.160 e. The van der Waals surface area contributed by atoms with E-state index in [1.54, 1.807) is 36.1 Å². The van der Waals surface area contributed by atoms with Gasteiger partial charge in [-0.15, -0.1) is 11.3 Å². The van der Waals surface area contributed by atoms with Crippen molar-refractivity contribution in [3.63, 3.8) is 0 Å². The van der Waals surface area contributed by atoms with Gasteiger partial charge in [-0.2, -0.15) is 0 Å². The second kappa shape index (κ2) is 9.22. The zero-order valence-electron chi connectivity index (χ0n) is 21.3. The van der Waals surface area contributed by atoms with Crippen LogP contribution in [0, 0.1) is 0 Å². The third-order valence-electron chi connectivity index (χ3n) is 7.30. The van der Waals surface area contributed by atoms with Crippen molar-refractivity contribution in [3.8, 4) is 39.6 Å². The summed E-state index contributed by atoms with van der Waals surface area (Å²) < 4.78 is 3.67. The fourth-order valence-electron chi connectivity index (χ4n) is 5.46. The Morgan fingerprint density at radius 1 is 0.575 bits per heavy atom. The van der Waals surface area contributed by atoms with Gasteiger partial charge in [-0.05, 0) is 71.4 Å². The number of benzene rings is 3. The molecule has 5 heterocycles. The summed E-state index contributed by atoms with van der Waals surface area (Å²) in [7, 11) is 0. The zero-order valence-corrected chi connectivity index (χ0v) is 22.1. The fourth-order valence-corrected chi connectivity index (χ4v) is 6.41. The SMILES string of the molecule is c1cc(-c2nc(-c3ccncc3)cc(-c3ccncc3)n2)cc(-n2c3ccccc3c3c4sccc4ccc32)c1. The highest BCUT2D eigenvalue weighted by atomic mass is 32.1. The second-order valence-electron chi connectivity index (χ2n) is 9.64. The number of hydrogen-bond acceptors (Lipinski definition) is 5. The third kappa shape index (κ3) is 3.69. The van der Waals surface area contributed by atoms with Gasteiger partial charge in [0.15, 0.2) is 5.82 Å². The topological polar surface area (TPSA) is 56.5 Å². The van der Waals surface area contributed by atoms with Crippen LogP contribution in [0.4, 0.5) is 0 Å². The lowest BCUT2D eigenvalue weighted by Gasteiger charge is -2.12. The minimum Gasteiger partial charge on any atom is -0.309 e. The first-order valence-electron chi connectivity index (χ1n) is 13.0. The van der Waals surface area contributed by atoms with Gasteiger partial charge in [0, 0.05) is 62.6 Å². The quantitative estimate of drug-likeness (QED) is 0.228. The minimum atomic E-state index is 0.671. The van der Waals surface area contributed by atoms with E-state index in [2.05, 4.69) is 86.6 Å². The van der Waals surface area contributed by atoms with Crippen LogP contribution in [-0.2, 0) is 0 Å². The molecule has 0 radical (unpaired) electrons. The molecule has 5 nitrogen and oxygen atoms in total.